The van der Waals surface area contributed by atoms with Crippen molar-refractivity contribution in [2.75, 3.05) is 19.6 Å². The fourth-order valence-corrected chi connectivity index (χ4v) is 6.49. The van der Waals surface area contributed by atoms with Gasteiger partial charge >= 0.3 is 0 Å². The van der Waals surface area contributed by atoms with Crippen LogP contribution < -0.4 is 4.72 Å². The van der Waals surface area contributed by atoms with Crippen LogP contribution in [0.25, 0.3) is 0 Å². The highest BCUT2D eigenvalue weighted by atomic mass is 35.5. The van der Waals surface area contributed by atoms with Gasteiger partial charge in [-0.1, -0.05) is 23.7 Å². The van der Waals surface area contributed by atoms with Crippen molar-refractivity contribution < 1.29 is 21.6 Å². The van der Waals surface area contributed by atoms with Crippen molar-refractivity contribution in [3.05, 3.63) is 58.6 Å². The molecule has 1 fully saturated rings. The molecule has 1 saturated heterocycles. The first-order valence-corrected chi connectivity index (χ1v) is 12.8. The Labute approximate surface area is 182 Å². The van der Waals surface area contributed by atoms with Crippen LogP contribution >= 0.6 is 11.6 Å². The van der Waals surface area contributed by atoms with Gasteiger partial charge in [-0.15, -0.1) is 0 Å². The number of amides is 1. The molecule has 2 aromatic carbocycles. The number of carbonyl (C=O) groups excluding carboxylic acids is 1. The van der Waals surface area contributed by atoms with E-state index in [1.807, 2.05) is 6.07 Å². The van der Waals surface area contributed by atoms with Crippen LogP contribution in [0.2, 0.25) is 5.02 Å². The Morgan fingerprint density at radius 1 is 1.10 bits per heavy atom. The number of hydrogen-bond donors (Lipinski definition) is 1. The zero-order chi connectivity index (χ0) is 22.1. The fourth-order valence-electron chi connectivity index (χ4n) is 3.37. The van der Waals surface area contributed by atoms with E-state index in [-0.39, 0.29) is 22.9 Å². The van der Waals surface area contributed by atoms with Crippen LogP contribution in [0.15, 0.2) is 52.3 Å². The van der Waals surface area contributed by atoms with Crippen molar-refractivity contribution in [2.45, 2.75) is 35.3 Å². The second-order valence-electron chi connectivity index (χ2n) is 7.34. The number of nitrogens with one attached hydrogen (secondary N) is 1. The lowest BCUT2D eigenvalue weighted by atomic mass is 10.2. The number of halogens is 1. The normalized spacial score (nSPS) is 17.3. The Balaban J connectivity index is 1.65. The van der Waals surface area contributed by atoms with Crippen molar-refractivity contribution in [2.24, 2.45) is 0 Å². The van der Waals surface area contributed by atoms with E-state index in [4.69, 9.17) is 11.6 Å². The maximum absolute atomic E-state index is 12.8. The zero-order valence-corrected chi connectivity index (χ0v) is 19.0. The molecule has 0 aromatic heterocycles. The lowest BCUT2D eigenvalue weighted by Gasteiger charge is -2.17. The molecule has 0 aliphatic carbocycles. The summed E-state index contributed by atoms with van der Waals surface area (Å²) in [4.78, 5) is 14.2. The van der Waals surface area contributed by atoms with Crippen LogP contribution in [-0.2, 0) is 24.7 Å². The van der Waals surface area contributed by atoms with Gasteiger partial charge in [0.15, 0.2) is 9.84 Å². The van der Waals surface area contributed by atoms with Gasteiger partial charge in [0.1, 0.15) is 0 Å². The predicted octanol–water partition coefficient (Wildman–Crippen LogP) is 2.31. The summed E-state index contributed by atoms with van der Waals surface area (Å²) in [5.41, 5.74) is 1.37. The first-order valence-electron chi connectivity index (χ1n) is 9.35. The second-order valence-corrected chi connectivity index (χ2v) is 11.7. The average molecular weight is 471 g/mol. The van der Waals surface area contributed by atoms with Gasteiger partial charge in [0.05, 0.1) is 21.6 Å². The molecular formula is C20H23ClN2O5S2. The number of sulfone groups is 1. The maximum Gasteiger partial charge on any atom is 0.241 e. The molecule has 1 atom stereocenters. The van der Waals surface area contributed by atoms with Crippen molar-refractivity contribution >= 4 is 37.4 Å². The summed E-state index contributed by atoms with van der Waals surface area (Å²) in [6.45, 7) is 3.32. The Hall–Kier alpha value is -1.94. The van der Waals surface area contributed by atoms with E-state index in [1.165, 1.54) is 29.2 Å². The first kappa shape index (κ1) is 22.7. The van der Waals surface area contributed by atoms with Gasteiger partial charge in [0, 0.05) is 18.1 Å². The monoisotopic (exact) mass is 470 g/mol. The van der Waals surface area contributed by atoms with Gasteiger partial charge in [-0.25, -0.2) is 21.6 Å². The predicted molar refractivity (Wildman–Crippen MR) is 115 cm³/mol. The topological polar surface area (TPSA) is 101 Å². The third kappa shape index (κ3) is 4.85. The van der Waals surface area contributed by atoms with E-state index in [0.717, 1.165) is 5.56 Å². The molecule has 0 spiro atoms. The number of sulfonamides is 1. The molecule has 0 bridgehead atoms. The summed E-state index contributed by atoms with van der Waals surface area (Å²) in [5.74, 6) is -0.460. The minimum absolute atomic E-state index is 0.0228. The van der Waals surface area contributed by atoms with Crippen molar-refractivity contribution in [1.82, 2.24) is 9.62 Å². The standard InChI is InChI=1S/C20H23ClN2O5S2/c1-14-3-4-15(2)19(11-14)30(27,28)22-12-20(24)23-10-9-18(13-23)29(25,26)17-7-5-16(21)6-8-17/h3-8,11,18,22H,9-10,12-13H2,1-2H3. The Kier molecular flexibility index (Phi) is 6.57. The molecule has 3 rings (SSSR count). The van der Waals surface area contributed by atoms with Crippen molar-refractivity contribution in [3.8, 4) is 0 Å². The number of likely N-dealkylation sites (tertiary alicyclic amines) is 1. The number of rotatable bonds is 6. The minimum atomic E-state index is -3.86. The zero-order valence-electron chi connectivity index (χ0n) is 16.6. The molecule has 1 amide bonds. The Bertz CT molecular complexity index is 1160. The van der Waals surface area contributed by atoms with E-state index in [2.05, 4.69) is 4.72 Å². The largest absolute Gasteiger partial charge is 0.340 e. The molecule has 0 saturated carbocycles. The number of hydrogen-bond acceptors (Lipinski definition) is 5. The fraction of sp³-hybridized carbons (Fsp3) is 0.350. The van der Waals surface area contributed by atoms with E-state index in [0.29, 0.717) is 17.0 Å². The number of benzene rings is 2. The SMILES string of the molecule is Cc1ccc(C)c(S(=O)(=O)NCC(=O)N2CCC(S(=O)(=O)c3ccc(Cl)cc3)C2)c1. The number of nitrogens with zero attached hydrogens (tertiary/aromatic N) is 1. The Morgan fingerprint density at radius 2 is 1.77 bits per heavy atom. The smallest absolute Gasteiger partial charge is 0.241 e. The highest BCUT2D eigenvalue weighted by Crippen LogP contribution is 2.25. The third-order valence-electron chi connectivity index (χ3n) is 5.13. The van der Waals surface area contributed by atoms with Crippen LogP contribution in [0.1, 0.15) is 17.5 Å². The van der Waals surface area contributed by atoms with E-state index in [1.54, 1.807) is 26.0 Å². The van der Waals surface area contributed by atoms with Gasteiger partial charge in [-0.3, -0.25) is 4.79 Å². The molecule has 2 aromatic rings. The molecule has 162 valence electrons. The molecule has 10 heteroatoms. The molecule has 1 N–H and O–H groups in total. The van der Waals surface area contributed by atoms with E-state index >= 15 is 0 Å². The minimum Gasteiger partial charge on any atom is -0.340 e. The summed E-state index contributed by atoms with van der Waals surface area (Å²) in [6, 6.07) is 11.0. The molecule has 1 heterocycles. The van der Waals surface area contributed by atoms with E-state index < -0.39 is 37.6 Å². The van der Waals surface area contributed by atoms with Gasteiger partial charge in [-0.2, -0.15) is 0 Å². The summed E-state index contributed by atoms with van der Waals surface area (Å²) in [7, 11) is -7.47. The highest BCUT2D eigenvalue weighted by molar-refractivity contribution is 7.92. The van der Waals surface area contributed by atoms with Crippen molar-refractivity contribution in [3.63, 3.8) is 0 Å². The summed E-state index contributed by atoms with van der Waals surface area (Å²) >= 11 is 5.82. The summed E-state index contributed by atoms with van der Waals surface area (Å²) < 4.78 is 53.1. The third-order valence-corrected chi connectivity index (χ3v) is 9.11. The lowest BCUT2D eigenvalue weighted by Crippen LogP contribution is -2.40. The second kappa shape index (κ2) is 8.66. The van der Waals surface area contributed by atoms with Crippen LogP contribution in [0.3, 0.4) is 0 Å². The number of carbonyl (C=O) groups is 1. The molecule has 1 unspecified atom stereocenters. The molecule has 7 nitrogen and oxygen atoms in total. The lowest BCUT2D eigenvalue weighted by molar-refractivity contribution is -0.128. The van der Waals surface area contributed by atoms with Gasteiger partial charge in [-0.05, 0) is 61.7 Å². The van der Waals surface area contributed by atoms with Crippen LogP contribution in [-0.4, -0.2) is 52.5 Å². The highest BCUT2D eigenvalue weighted by Gasteiger charge is 2.36. The van der Waals surface area contributed by atoms with Crippen LogP contribution in [0, 0.1) is 13.8 Å². The van der Waals surface area contributed by atoms with Gasteiger partial charge in [0.2, 0.25) is 15.9 Å². The summed E-state index contributed by atoms with van der Waals surface area (Å²) in [6.07, 6.45) is 0.292. The molecule has 30 heavy (non-hydrogen) atoms. The van der Waals surface area contributed by atoms with Gasteiger partial charge < -0.3 is 4.90 Å². The summed E-state index contributed by atoms with van der Waals surface area (Å²) in [5, 5.41) is -0.299. The molecule has 0 radical (unpaired) electrons. The van der Waals surface area contributed by atoms with Crippen LogP contribution in [0.5, 0.6) is 0 Å². The first-order chi connectivity index (χ1) is 14.0. The Morgan fingerprint density at radius 3 is 2.43 bits per heavy atom. The quantitative estimate of drug-likeness (QED) is 0.698. The maximum atomic E-state index is 12.8. The van der Waals surface area contributed by atoms with Crippen molar-refractivity contribution in [1.29, 1.82) is 0 Å². The van der Waals surface area contributed by atoms with Crippen LogP contribution in [0.4, 0.5) is 0 Å². The average Bonchev–Trinajstić information content (AvgIpc) is 3.19. The molecule has 1 aliphatic heterocycles. The number of aryl methyl sites for hydroxylation is 2. The van der Waals surface area contributed by atoms with E-state index in [9.17, 15) is 21.6 Å². The molecule has 1 aliphatic rings. The van der Waals surface area contributed by atoms with Gasteiger partial charge in [0.25, 0.3) is 0 Å². The molecular weight excluding hydrogens is 448 g/mol.